The highest BCUT2D eigenvalue weighted by molar-refractivity contribution is 5.25. The van der Waals surface area contributed by atoms with E-state index < -0.39 is 5.79 Å². The molecular weight excluding hydrogens is 274 g/mol. The second kappa shape index (κ2) is 4.46. The minimum absolute atomic E-state index is 0.0579. The fraction of sp³-hybridized carbons (Fsp3) is 0.789. The minimum Gasteiger partial charge on any atom is -0.362 e. The third-order valence-corrected chi connectivity index (χ3v) is 7.80. The molecule has 2 fully saturated rings. The smallest absolute Gasteiger partial charge is 0.183 e. The monoisotopic (exact) mass is 303 g/mol. The van der Waals surface area contributed by atoms with Gasteiger partial charge >= 0.3 is 0 Å². The summed E-state index contributed by atoms with van der Waals surface area (Å²) < 4.78 is 0. The first kappa shape index (κ1) is 14.9. The van der Waals surface area contributed by atoms with E-state index in [1.165, 1.54) is 19.3 Å². The largest absolute Gasteiger partial charge is 0.362 e. The van der Waals surface area contributed by atoms with E-state index in [1.54, 1.807) is 6.08 Å². The first-order valence-electron chi connectivity index (χ1n) is 8.85. The van der Waals surface area contributed by atoms with Crippen LogP contribution in [0.3, 0.4) is 0 Å². The Balaban J connectivity index is 1.71. The van der Waals surface area contributed by atoms with E-state index >= 15 is 0 Å². The summed E-state index contributed by atoms with van der Waals surface area (Å²) in [5.74, 6) is 0.494. The zero-order chi connectivity index (χ0) is 15.8. The number of fused-ring (bicyclic) bond motifs is 5. The van der Waals surface area contributed by atoms with Gasteiger partial charge in [0.05, 0.1) is 0 Å². The molecule has 2 saturated carbocycles. The van der Waals surface area contributed by atoms with Gasteiger partial charge in [-0.25, -0.2) is 0 Å². The number of hydrogen-bond acceptors (Lipinski definition) is 3. The third kappa shape index (κ3) is 1.85. The molecule has 0 bridgehead atoms. The summed E-state index contributed by atoms with van der Waals surface area (Å²) >= 11 is 0. The van der Waals surface area contributed by atoms with Crippen LogP contribution in [0.1, 0.15) is 46.0 Å². The molecule has 0 aromatic carbocycles. The summed E-state index contributed by atoms with van der Waals surface area (Å²) in [4.78, 5) is 0. The fourth-order valence-electron chi connectivity index (χ4n) is 6.21. The highest BCUT2D eigenvalue weighted by Crippen LogP contribution is 2.63. The Morgan fingerprint density at radius 2 is 1.77 bits per heavy atom. The Kier molecular flexibility index (Phi) is 3.03. The van der Waals surface area contributed by atoms with Crippen LogP contribution in [0.4, 0.5) is 0 Å². The fourth-order valence-corrected chi connectivity index (χ4v) is 6.21. The minimum atomic E-state index is -1.64. The Bertz CT molecular complexity index is 540. The topological polar surface area (TPSA) is 66.5 Å². The van der Waals surface area contributed by atoms with Gasteiger partial charge in [-0.05, 0) is 66.3 Å². The lowest BCUT2D eigenvalue weighted by atomic mass is 9.48. The van der Waals surface area contributed by atoms with Crippen molar-refractivity contribution >= 4 is 0 Å². The van der Waals surface area contributed by atoms with Gasteiger partial charge in [0, 0.05) is 12.5 Å². The molecule has 0 aromatic heterocycles. The molecule has 0 saturated heterocycles. The predicted molar refractivity (Wildman–Crippen MR) is 86.7 cm³/mol. The molecule has 0 amide bonds. The first-order chi connectivity index (χ1) is 10.3. The summed E-state index contributed by atoms with van der Waals surface area (Å²) in [6.07, 6.45) is 13.6. The molecule has 122 valence electrons. The summed E-state index contributed by atoms with van der Waals surface area (Å²) in [5.41, 5.74) is 6.80. The molecule has 0 unspecified atom stereocenters. The van der Waals surface area contributed by atoms with Crippen LogP contribution >= 0.6 is 0 Å². The van der Waals surface area contributed by atoms with Crippen molar-refractivity contribution < 1.29 is 10.2 Å². The highest BCUT2D eigenvalue weighted by atomic mass is 16.5. The average molecular weight is 303 g/mol. The quantitative estimate of drug-likeness (QED) is 0.476. The molecule has 4 N–H and O–H groups in total. The zero-order valence-electron chi connectivity index (χ0n) is 13.7. The number of nitrogens with two attached hydrogens (primary N) is 1. The van der Waals surface area contributed by atoms with Crippen LogP contribution in [0.2, 0.25) is 0 Å². The summed E-state index contributed by atoms with van der Waals surface area (Å²) in [7, 11) is 0. The van der Waals surface area contributed by atoms with E-state index in [-0.39, 0.29) is 11.3 Å². The van der Waals surface area contributed by atoms with E-state index in [2.05, 4.69) is 32.1 Å². The van der Waals surface area contributed by atoms with Gasteiger partial charge in [-0.3, -0.25) is 0 Å². The van der Waals surface area contributed by atoms with Gasteiger partial charge in [0.1, 0.15) is 0 Å². The second-order valence-corrected chi connectivity index (χ2v) is 8.79. The van der Waals surface area contributed by atoms with Crippen LogP contribution < -0.4 is 5.73 Å². The van der Waals surface area contributed by atoms with Gasteiger partial charge in [-0.15, -0.1) is 0 Å². The normalized spacial score (nSPS) is 55.4. The molecule has 7 atom stereocenters. The number of rotatable bonds is 0. The molecular formula is C19H29NO2. The van der Waals surface area contributed by atoms with Crippen molar-refractivity contribution in [1.82, 2.24) is 0 Å². The van der Waals surface area contributed by atoms with Crippen LogP contribution in [-0.2, 0) is 0 Å². The number of allylic oxidation sites excluding steroid dienone is 3. The molecule has 0 heterocycles. The molecule has 3 heteroatoms. The van der Waals surface area contributed by atoms with E-state index in [0.717, 1.165) is 6.42 Å². The van der Waals surface area contributed by atoms with Crippen molar-refractivity contribution in [2.24, 2.45) is 40.2 Å². The van der Waals surface area contributed by atoms with Crippen molar-refractivity contribution in [3.8, 4) is 0 Å². The van der Waals surface area contributed by atoms with Crippen LogP contribution in [0, 0.1) is 34.5 Å². The molecule has 22 heavy (non-hydrogen) atoms. The van der Waals surface area contributed by atoms with Crippen LogP contribution in [0.5, 0.6) is 0 Å². The van der Waals surface area contributed by atoms with E-state index in [0.29, 0.717) is 35.6 Å². The number of hydrogen-bond donors (Lipinski definition) is 3. The number of aliphatic hydroxyl groups is 2. The first-order valence-corrected chi connectivity index (χ1v) is 8.85. The Hall–Kier alpha value is -0.640. The maximum absolute atomic E-state index is 9.97. The molecule has 0 spiro atoms. The van der Waals surface area contributed by atoms with Crippen molar-refractivity contribution in [2.45, 2.75) is 57.8 Å². The molecule has 0 radical (unpaired) electrons. The van der Waals surface area contributed by atoms with E-state index in [1.807, 2.05) is 0 Å². The van der Waals surface area contributed by atoms with E-state index in [9.17, 15) is 10.2 Å². The SMILES string of the molecule is C[C@]12C=CC(O)(O)C[C@H]1C=C[C@@H]1[C@@H]2CC[C@]2(C)[C@H](N)CC[C@@H]12. The van der Waals surface area contributed by atoms with Crippen LogP contribution in [0.15, 0.2) is 24.3 Å². The maximum Gasteiger partial charge on any atom is 0.183 e. The predicted octanol–water partition coefficient (Wildman–Crippen LogP) is 2.59. The van der Waals surface area contributed by atoms with Crippen molar-refractivity contribution in [2.75, 3.05) is 0 Å². The lowest BCUT2D eigenvalue weighted by molar-refractivity contribution is -0.150. The van der Waals surface area contributed by atoms with Gasteiger partial charge < -0.3 is 15.9 Å². The summed E-state index contributed by atoms with van der Waals surface area (Å²) in [6.45, 7) is 4.72. The Labute approximate surface area is 133 Å². The molecule has 4 rings (SSSR count). The molecule has 3 nitrogen and oxygen atoms in total. The zero-order valence-corrected chi connectivity index (χ0v) is 13.7. The van der Waals surface area contributed by atoms with Gasteiger partial charge in [-0.2, -0.15) is 0 Å². The highest BCUT2D eigenvalue weighted by Gasteiger charge is 2.58. The summed E-state index contributed by atoms with van der Waals surface area (Å²) in [6, 6.07) is 0.349. The standard InChI is InChI=1S/C19H29NO2/c1-17-9-10-19(21,22)11-12(17)3-4-13-14-5-6-16(20)18(14,2)8-7-15(13)17/h3-4,9-10,12-16,21-22H,5-8,11,20H2,1-2H3/t12-,13+,14+,15+,16-,17+,18+/m1/s1. The van der Waals surface area contributed by atoms with Gasteiger partial charge in [0.2, 0.25) is 0 Å². The van der Waals surface area contributed by atoms with Gasteiger partial charge in [0.25, 0.3) is 0 Å². The van der Waals surface area contributed by atoms with Crippen LogP contribution in [-0.4, -0.2) is 22.0 Å². The lowest BCUT2D eigenvalue weighted by Crippen LogP contribution is -2.53. The Morgan fingerprint density at radius 3 is 2.55 bits per heavy atom. The van der Waals surface area contributed by atoms with Crippen molar-refractivity contribution in [3.05, 3.63) is 24.3 Å². The lowest BCUT2D eigenvalue weighted by Gasteiger charge is -2.57. The third-order valence-electron chi connectivity index (χ3n) is 7.80. The van der Waals surface area contributed by atoms with Gasteiger partial charge in [0.15, 0.2) is 5.79 Å². The maximum atomic E-state index is 9.97. The molecule has 4 aliphatic rings. The second-order valence-electron chi connectivity index (χ2n) is 8.79. The van der Waals surface area contributed by atoms with Crippen LogP contribution in [0.25, 0.3) is 0 Å². The molecule has 0 aliphatic heterocycles. The van der Waals surface area contributed by atoms with E-state index in [4.69, 9.17) is 5.73 Å². The van der Waals surface area contributed by atoms with Crippen molar-refractivity contribution in [1.29, 1.82) is 0 Å². The summed E-state index contributed by atoms with van der Waals surface area (Å²) in [5, 5.41) is 19.9. The molecule has 0 aromatic rings. The Morgan fingerprint density at radius 1 is 1.00 bits per heavy atom. The molecule has 4 aliphatic carbocycles. The van der Waals surface area contributed by atoms with Crippen molar-refractivity contribution in [3.63, 3.8) is 0 Å². The van der Waals surface area contributed by atoms with Gasteiger partial charge in [-0.1, -0.05) is 32.1 Å². The average Bonchev–Trinajstić information content (AvgIpc) is 2.76.